The highest BCUT2D eigenvalue weighted by atomic mass is 16.5. The average Bonchev–Trinajstić information content (AvgIpc) is 2.23. The van der Waals surface area contributed by atoms with Gasteiger partial charge in [0.15, 0.2) is 0 Å². The summed E-state index contributed by atoms with van der Waals surface area (Å²) in [6.07, 6.45) is 0. The number of nitrogens with one attached hydrogen (secondary N) is 2. The molecule has 0 aromatic heterocycles. The minimum absolute atomic E-state index is 0.0501. The quantitative estimate of drug-likeness (QED) is 0.357. The van der Waals surface area contributed by atoms with E-state index in [0.717, 1.165) is 0 Å². The summed E-state index contributed by atoms with van der Waals surface area (Å²) in [5, 5.41) is 9.94. The first kappa shape index (κ1) is 15.3. The third-order valence-corrected chi connectivity index (χ3v) is 2.13. The number of esters is 1. The molecule has 0 aromatic rings. The first-order valence-corrected chi connectivity index (χ1v) is 5.16. The van der Waals surface area contributed by atoms with Crippen LogP contribution in [0.3, 0.4) is 0 Å². The number of hydrogen-bond donors (Lipinski definition) is 3. The number of amides is 1. The van der Waals surface area contributed by atoms with Crippen LogP contribution >= 0.6 is 0 Å². The smallest absolute Gasteiger partial charge is 0.329 e. The van der Waals surface area contributed by atoms with Crippen LogP contribution in [0.4, 0.5) is 0 Å². The van der Waals surface area contributed by atoms with E-state index in [2.05, 4.69) is 10.1 Å². The van der Waals surface area contributed by atoms with Crippen LogP contribution in [0.25, 0.3) is 0 Å². The largest absolute Gasteiger partial charge is 0.467 e. The van der Waals surface area contributed by atoms with E-state index in [9.17, 15) is 9.59 Å². The number of rotatable bonds is 5. The molecule has 0 saturated carbocycles. The van der Waals surface area contributed by atoms with Crippen molar-refractivity contribution < 1.29 is 14.3 Å². The SMILES string of the molecule is COC(=O)C(CN)NC(=O)C(C(C)=N)=C(C)C. The van der Waals surface area contributed by atoms with Gasteiger partial charge in [0, 0.05) is 12.3 Å². The summed E-state index contributed by atoms with van der Waals surface area (Å²) in [7, 11) is 1.22. The minimum atomic E-state index is -0.888. The van der Waals surface area contributed by atoms with Crippen molar-refractivity contribution >= 4 is 17.6 Å². The van der Waals surface area contributed by atoms with E-state index in [4.69, 9.17) is 11.1 Å². The van der Waals surface area contributed by atoms with E-state index >= 15 is 0 Å². The summed E-state index contributed by atoms with van der Waals surface area (Å²) in [5.74, 6) is -1.09. The predicted octanol–water partition coefficient (Wildman–Crippen LogP) is -0.0210. The highest BCUT2D eigenvalue weighted by molar-refractivity contribution is 6.20. The number of carbonyl (C=O) groups excluding carboxylic acids is 2. The van der Waals surface area contributed by atoms with Crippen LogP contribution in [0.5, 0.6) is 0 Å². The molecule has 0 rings (SSSR count). The molecule has 1 atom stereocenters. The van der Waals surface area contributed by atoms with Crippen LogP contribution in [0.15, 0.2) is 11.1 Å². The van der Waals surface area contributed by atoms with Crippen molar-refractivity contribution in [2.75, 3.05) is 13.7 Å². The third kappa shape index (κ3) is 4.36. The highest BCUT2D eigenvalue weighted by Crippen LogP contribution is 2.05. The van der Waals surface area contributed by atoms with Crippen molar-refractivity contribution in [1.29, 1.82) is 5.41 Å². The van der Waals surface area contributed by atoms with Crippen molar-refractivity contribution in [3.8, 4) is 0 Å². The van der Waals surface area contributed by atoms with Gasteiger partial charge in [-0.1, -0.05) is 5.57 Å². The Morgan fingerprint density at radius 1 is 1.35 bits per heavy atom. The number of allylic oxidation sites excluding steroid dienone is 1. The molecular formula is C11H19N3O3. The molecule has 6 nitrogen and oxygen atoms in total. The third-order valence-electron chi connectivity index (χ3n) is 2.13. The molecule has 4 N–H and O–H groups in total. The topological polar surface area (TPSA) is 105 Å². The zero-order valence-corrected chi connectivity index (χ0v) is 10.6. The molecule has 1 amide bonds. The first-order valence-electron chi connectivity index (χ1n) is 5.16. The van der Waals surface area contributed by atoms with Crippen LogP contribution in [-0.4, -0.2) is 37.3 Å². The molecule has 0 aliphatic heterocycles. The minimum Gasteiger partial charge on any atom is -0.467 e. The zero-order chi connectivity index (χ0) is 13.6. The van der Waals surface area contributed by atoms with Gasteiger partial charge in [0.2, 0.25) is 0 Å². The van der Waals surface area contributed by atoms with E-state index in [0.29, 0.717) is 5.57 Å². The lowest BCUT2D eigenvalue weighted by molar-refractivity contribution is -0.144. The van der Waals surface area contributed by atoms with E-state index < -0.39 is 17.9 Å². The zero-order valence-electron chi connectivity index (χ0n) is 10.6. The van der Waals surface area contributed by atoms with E-state index in [-0.39, 0.29) is 17.8 Å². The number of hydrogen-bond acceptors (Lipinski definition) is 5. The van der Waals surface area contributed by atoms with E-state index in [1.807, 2.05) is 0 Å². The van der Waals surface area contributed by atoms with Gasteiger partial charge in [0.25, 0.3) is 5.91 Å². The van der Waals surface area contributed by atoms with Crippen molar-refractivity contribution in [2.45, 2.75) is 26.8 Å². The Morgan fingerprint density at radius 3 is 2.18 bits per heavy atom. The van der Waals surface area contributed by atoms with Crippen molar-refractivity contribution in [3.05, 3.63) is 11.1 Å². The van der Waals surface area contributed by atoms with Crippen molar-refractivity contribution in [2.24, 2.45) is 5.73 Å². The maximum absolute atomic E-state index is 11.8. The summed E-state index contributed by atoms with van der Waals surface area (Å²) in [4.78, 5) is 23.1. The van der Waals surface area contributed by atoms with Crippen LogP contribution < -0.4 is 11.1 Å². The Balaban J connectivity index is 4.90. The molecule has 0 spiro atoms. The van der Waals surface area contributed by atoms with Gasteiger partial charge in [0.1, 0.15) is 6.04 Å². The molecule has 0 saturated heterocycles. The van der Waals surface area contributed by atoms with Gasteiger partial charge < -0.3 is 21.2 Å². The van der Waals surface area contributed by atoms with Gasteiger partial charge in [-0.2, -0.15) is 0 Å². The first-order chi connectivity index (χ1) is 7.84. The van der Waals surface area contributed by atoms with Crippen molar-refractivity contribution in [1.82, 2.24) is 5.32 Å². The average molecular weight is 241 g/mol. The molecule has 6 heteroatoms. The van der Waals surface area contributed by atoms with Crippen LogP contribution in [0.2, 0.25) is 0 Å². The molecular weight excluding hydrogens is 222 g/mol. The maximum atomic E-state index is 11.8. The second-order valence-corrected chi connectivity index (χ2v) is 3.78. The Labute approximate surface area is 101 Å². The Hall–Kier alpha value is -1.69. The van der Waals surface area contributed by atoms with Gasteiger partial charge in [0.05, 0.1) is 12.7 Å². The van der Waals surface area contributed by atoms with E-state index in [1.54, 1.807) is 13.8 Å². The number of ether oxygens (including phenoxy) is 1. The van der Waals surface area contributed by atoms with Crippen LogP contribution in [-0.2, 0) is 14.3 Å². The van der Waals surface area contributed by atoms with Gasteiger partial charge >= 0.3 is 5.97 Å². The summed E-state index contributed by atoms with van der Waals surface area (Å²) in [5.41, 5.74) is 6.47. The van der Waals surface area contributed by atoms with Gasteiger partial charge in [-0.3, -0.25) is 4.79 Å². The Bertz CT molecular complexity index is 357. The maximum Gasteiger partial charge on any atom is 0.329 e. The monoisotopic (exact) mass is 241 g/mol. The molecule has 0 heterocycles. The lowest BCUT2D eigenvalue weighted by Crippen LogP contribution is -2.47. The van der Waals surface area contributed by atoms with Crippen LogP contribution in [0, 0.1) is 5.41 Å². The molecule has 96 valence electrons. The van der Waals surface area contributed by atoms with E-state index in [1.165, 1.54) is 14.0 Å². The summed E-state index contributed by atoms with van der Waals surface area (Å²) < 4.78 is 4.50. The standard InChI is InChI=1S/C11H19N3O3/c1-6(2)9(7(3)13)10(15)14-8(5-12)11(16)17-4/h8,13H,5,12H2,1-4H3,(H,14,15). The Morgan fingerprint density at radius 2 is 1.88 bits per heavy atom. The number of methoxy groups -OCH3 is 1. The van der Waals surface area contributed by atoms with Crippen LogP contribution in [0.1, 0.15) is 20.8 Å². The second-order valence-electron chi connectivity index (χ2n) is 3.78. The van der Waals surface area contributed by atoms with Gasteiger partial charge in [-0.15, -0.1) is 0 Å². The molecule has 0 aliphatic carbocycles. The number of carbonyl (C=O) groups is 2. The fraction of sp³-hybridized carbons (Fsp3) is 0.545. The lowest BCUT2D eigenvalue weighted by atomic mass is 10.1. The highest BCUT2D eigenvalue weighted by Gasteiger charge is 2.22. The van der Waals surface area contributed by atoms with Gasteiger partial charge in [-0.05, 0) is 20.8 Å². The van der Waals surface area contributed by atoms with Gasteiger partial charge in [-0.25, -0.2) is 4.79 Å². The molecule has 0 radical (unpaired) electrons. The molecule has 0 aromatic carbocycles. The fourth-order valence-corrected chi connectivity index (χ4v) is 1.36. The summed E-state index contributed by atoms with van der Waals surface area (Å²) >= 11 is 0. The number of nitrogens with two attached hydrogens (primary N) is 1. The molecule has 0 aliphatic rings. The lowest BCUT2D eigenvalue weighted by Gasteiger charge is -2.16. The fourth-order valence-electron chi connectivity index (χ4n) is 1.36. The molecule has 1 unspecified atom stereocenters. The van der Waals surface area contributed by atoms with Crippen molar-refractivity contribution in [3.63, 3.8) is 0 Å². The normalized spacial score (nSPS) is 11.4. The Kier molecular flexibility index (Phi) is 6.12. The predicted molar refractivity (Wildman–Crippen MR) is 64.8 cm³/mol. The molecule has 0 fully saturated rings. The summed E-state index contributed by atoms with van der Waals surface area (Å²) in [6.45, 7) is 4.91. The molecule has 0 bridgehead atoms. The molecule has 17 heavy (non-hydrogen) atoms. The summed E-state index contributed by atoms with van der Waals surface area (Å²) in [6, 6.07) is -0.888. The second kappa shape index (κ2) is 6.80.